The van der Waals surface area contributed by atoms with Gasteiger partial charge in [0.15, 0.2) is 0 Å². The summed E-state index contributed by atoms with van der Waals surface area (Å²) in [4.78, 5) is 33.8. The van der Waals surface area contributed by atoms with Crippen molar-refractivity contribution in [3.8, 4) is 0 Å². The van der Waals surface area contributed by atoms with E-state index in [0.717, 1.165) is 48.4 Å². The van der Waals surface area contributed by atoms with Gasteiger partial charge in [-0.05, 0) is 50.8 Å². The van der Waals surface area contributed by atoms with E-state index >= 15 is 0 Å². The van der Waals surface area contributed by atoms with Gasteiger partial charge in [-0.2, -0.15) is 0 Å². The van der Waals surface area contributed by atoms with Crippen LogP contribution in [0.5, 0.6) is 0 Å². The van der Waals surface area contributed by atoms with Crippen molar-refractivity contribution >= 4 is 27.5 Å². The summed E-state index contributed by atoms with van der Waals surface area (Å²) in [5.74, 6) is 0.472. The molecule has 3 rings (SSSR count). The number of thiophene rings is 1. The van der Waals surface area contributed by atoms with E-state index in [1.54, 1.807) is 15.9 Å². The molecule has 0 aromatic carbocycles. The minimum Gasteiger partial charge on any atom is -0.370 e. The van der Waals surface area contributed by atoms with Crippen LogP contribution in [0.25, 0.3) is 10.2 Å². The fourth-order valence-electron chi connectivity index (χ4n) is 3.69. The Kier molecular flexibility index (Phi) is 6.09. The molecule has 0 saturated carbocycles. The van der Waals surface area contributed by atoms with Crippen LogP contribution in [0.3, 0.4) is 0 Å². The first-order valence-corrected chi connectivity index (χ1v) is 10.4. The highest BCUT2D eigenvalue weighted by Crippen LogP contribution is 2.33. The van der Waals surface area contributed by atoms with Gasteiger partial charge in [-0.3, -0.25) is 19.1 Å². The third kappa shape index (κ3) is 3.83. The van der Waals surface area contributed by atoms with E-state index in [1.807, 2.05) is 0 Å². The van der Waals surface area contributed by atoms with Gasteiger partial charge in [-0.1, -0.05) is 13.8 Å². The normalized spacial score (nSPS) is 14.1. The van der Waals surface area contributed by atoms with E-state index in [1.165, 1.54) is 16.9 Å². The highest BCUT2D eigenvalue weighted by molar-refractivity contribution is 7.18. The largest absolute Gasteiger partial charge is 0.370 e. The zero-order valence-corrected chi connectivity index (χ0v) is 16.5. The number of hydrogen-bond donors (Lipinski definition) is 1. The highest BCUT2D eigenvalue weighted by atomic mass is 32.1. The number of hydrogen-bond acceptors (Lipinski definition) is 5. The lowest BCUT2D eigenvalue weighted by Gasteiger charge is -2.20. The van der Waals surface area contributed by atoms with Crippen molar-refractivity contribution in [2.75, 3.05) is 13.1 Å². The van der Waals surface area contributed by atoms with Gasteiger partial charge in [-0.15, -0.1) is 11.3 Å². The van der Waals surface area contributed by atoms with E-state index in [9.17, 15) is 9.59 Å². The van der Waals surface area contributed by atoms with E-state index in [-0.39, 0.29) is 17.9 Å². The van der Waals surface area contributed by atoms with Crippen LogP contribution in [-0.2, 0) is 30.7 Å². The Balaban J connectivity index is 2.06. The lowest BCUT2D eigenvalue weighted by atomic mass is 9.97. The SMILES string of the molecule is CCN(CC)Cc1nc2sc3c(c2c(=O)n1CCCC(N)=O)CCCC3. The average molecular weight is 377 g/mol. The number of primary amides is 1. The number of amides is 1. The van der Waals surface area contributed by atoms with Crippen molar-refractivity contribution < 1.29 is 4.79 Å². The summed E-state index contributed by atoms with van der Waals surface area (Å²) < 4.78 is 1.78. The van der Waals surface area contributed by atoms with E-state index in [2.05, 4.69) is 18.7 Å². The van der Waals surface area contributed by atoms with Crippen LogP contribution < -0.4 is 11.3 Å². The van der Waals surface area contributed by atoms with E-state index in [0.29, 0.717) is 19.5 Å². The molecule has 1 aliphatic rings. The molecule has 0 fully saturated rings. The van der Waals surface area contributed by atoms with Crippen molar-refractivity contribution in [3.05, 3.63) is 26.6 Å². The van der Waals surface area contributed by atoms with Gasteiger partial charge in [0, 0.05) is 17.8 Å². The number of carbonyl (C=O) groups is 1. The smallest absolute Gasteiger partial charge is 0.262 e. The third-order valence-electron chi connectivity index (χ3n) is 5.22. The Morgan fingerprint density at radius 1 is 1.27 bits per heavy atom. The molecule has 142 valence electrons. The topological polar surface area (TPSA) is 81.2 Å². The second-order valence-corrected chi connectivity index (χ2v) is 7.99. The fraction of sp³-hybridized carbons (Fsp3) is 0.632. The second kappa shape index (κ2) is 8.31. The summed E-state index contributed by atoms with van der Waals surface area (Å²) in [6.07, 6.45) is 5.22. The van der Waals surface area contributed by atoms with Gasteiger partial charge < -0.3 is 5.73 Å². The summed E-state index contributed by atoms with van der Waals surface area (Å²) in [6, 6.07) is 0. The van der Waals surface area contributed by atoms with Crippen LogP contribution in [0.2, 0.25) is 0 Å². The molecule has 2 N–H and O–H groups in total. The molecular weight excluding hydrogens is 348 g/mol. The Morgan fingerprint density at radius 2 is 2.00 bits per heavy atom. The first-order valence-electron chi connectivity index (χ1n) is 9.59. The summed E-state index contributed by atoms with van der Waals surface area (Å²) in [7, 11) is 0. The maximum Gasteiger partial charge on any atom is 0.262 e. The van der Waals surface area contributed by atoms with Gasteiger partial charge in [0.2, 0.25) is 5.91 Å². The number of fused-ring (bicyclic) bond motifs is 3. The Morgan fingerprint density at radius 3 is 2.69 bits per heavy atom. The number of nitrogens with zero attached hydrogens (tertiary/aromatic N) is 3. The summed E-state index contributed by atoms with van der Waals surface area (Å²) in [5, 5.41) is 0.812. The van der Waals surface area contributed by atoms with Crippen molar-refractivity contribution in [2.24, 2.45) is 5.73 Å². The Hall–Kier alpha value is -1.73. The number of aromatic nitrogens is 2. The molecular formula is C19H28N4O2S. The average Bonchev–Trinajstić information content (AvgIpc) is 3.00. The van der Waals surface area contributed by atoms with Crippen LogP contribution in [0.15, 0.2) is 4.79 Å². The van der Waals surface area contributed by atoms with Crippen LogP contribution in [0, 0.1) is 0 Å². The molecule has 6 nitrogen and oxygen atoms in total. The molecule has 0 spiro atoms. The highest BCUT2D eigenvalue weighted by Gasteiger charge is 2.22. The zero-order chi connectivity index (χ0) is 18.7. The lowest BCUT2D eigenvalue weighted by molar-refractivity contribution is -0.118. The van der Waals surface area contributed by atoms with Gasteiger partial charge in [0.25, 0.3) is 5.56 Å². The monoisotopic (exact) mass is 376 g/mol. The van der Waals surface area contributed by atoms with Gasteiger partial charge in [-0.25, -0.2) is 4.98 Å². The Bertz CT molecular complexity index is 851. The molecule has 2 aromatic rings. The molecule has 26 heavy (non-hydrogen) atoms. The minimum absolute atomic E-state index is 0.0565. The molecule has 2 aromatic heterocycles. The number of rotatable bonds is 8. The summed E-state index contributed by atoms with van der Waals surface area (Å²) in [6.45, 7) is 7.19. The molecule has 7 heteroatoms. The number of carbonyl (C=O) groups excluding carboxylic acids is 1. The van der Waals surface area contributed by atoms with E-state index in [4.69, 9.17) is 10.7 Å². The molecule has 0 bridgehead atoms. The molecule has 2 heterocycles. The number of aryl methyl sites for hydroxylation is 2. The van der Waals surface area contributed by atoms with Crippen molar-refractivity contribution in [3.63, 3.8) is 0 Å². The first kappa shape index (κ1) is 19.0. The maximum absolute atomic E-state index is 13.3. The van der Waals surface area contributed by atoms with Crippen LogP contribution in [0.4, 0.5) is 0 Å². The molecule has 0 saturated heterocycles. The molecule has 0 radical (unpaired) electrons. The maximum atomic E-state index is 13.3. The second-order valence-electron chi connectivity index (χ2n) is 6.91. The fourth-order valence-corrected chi connectivity index (χ4v) is 4.96. The molecule has 0 atom stereocenters. The van der Waals surface area contributed by atoms with Crippen LogP contribution in [-0.4, -0.2) is 33.4 Å². The zero-order valence-electron chi connectivity index (χ0n) is 15.7. The van der Waals surface area contributed by atoms with Crippen LogP contribution in [0.1, 0.15) is 55.8 Å². The lowest BCUT2D eigenvalue weighted by Crippen LogP contribution is -2.31. The quantitative estimate of drug-likeness (QED) is 0.767. The van der Waals surface area contributed by atoms with Crippen molar-refractivity contribution in [1.82, 2.24) is 14.5 Å². The standard InChI is InChI=1S/C19H28N4O2S/c1-3-22(4-2)12-16-21-18-17(13-8-5-6-9-14(13)26-18)19(25)23(16)11-7-10-15(20)24/h3-12H2,1-2H3,(H2,20,24). The summed E-state index contributed by atoms with van der Waals surface area (Å²) >= 11 is 1.69. The Labute approximate surface area is 158 Å². The minimum atomic E-state index is -0.328. The van der Waals surface area contributed by atoms with E-state index < -0.39 is 0 Å². The first-order chi connectivity index (χ1) is 12.5. The van der Waals surface area contributed by atoms with Crippen LogP contribution >= 0.6 is 11.3 Å². The molecule has 1 amide bonds. The van der Waals surface area contributed by atoms with Crippen molar-refractivity contribution in [1.29, 1.82) is 0 Å². The van der Waals surface area contributed by atoms with Gasteiger partial charge in [0.1, 0.15) is 10.7 Å². The molecule has 1 aliphatic carbocycles. The predicted molar refractivity (Wildman–Crippen MR) is 106 cm³/mol. The van der Waals surface area contributed by atoms with Gasteiger partial charge >= 0.3 is 0 Å². The molecule has 0 aliphatic heterocycles. The van der Waals surface area contributed by atoms with Crippen molar-refractivity contribution in [2.45, 2.75) is 65.5 Å². The number of nitrogens with two attached hydrogens (primary N) is 1. The molecule has 0 unspecified atom stereocenters. The third-order valence-corrected chi connectivity index (χ3v) is 6.40. The van der Waals surface area contributed by atoms with Gasteiger partial charge in [0.05, 0.1) is 11.9 Å². The predicted octanol–water partition coefficient (Wildman–Crippen LogP) is 2.44. The summed E-state index contributed by atoms with van der Waals surface area (Å²) in [5.41, 5.74) is 6.54.